The summed E-state index contributed by atoms with van der Waals surface area (Å²) in [6, 6.07) is 15.3. The Morgan fingerprint density at radius 1 is 1.00 bits per heavy atom. The lowest BCUT2D eigenvalue weighted by molar-refractivity contribution is -0.140. The molecule has 3 aliphatic rings. The minimum atomic E-state index is -0.642. The maximum atomic E-state index is 13.6. The van der Waals surface area contributed by atoms with Crippen molar-refractivity contribution in [2.45, 2.75) is 37.9 Å². The van der Waals surface area contributed by atoms with Gasteiger partial charge in [-0.15, -0.1) is 0 Å². The van der Waals surface area contributed by atoms with Crippen LogP contribution < -0.4 is 9.64 Å². The van der Waals surface area contributed by atoms with Crippen molar-refractivity contribution in [2.24, 2.45) is 5.92 Å². The van der Waals surface area contributed by atoms with Crippen LogP contribution >= 0.6 is 0 Å². The number of carbonyl (C=O) groups excluding carboxylic acids is 3. The molecule has 160 valence electrons. The van der Waals surface area contributed by atoms with Gasteiger partial charge in [-0.2, -0.15) is 0 Å². The number of amides is 4. The van der Waals surface area contributed by atoms with E-state index in [2.05, 4.69) is 0 Å². The molecule has 7 heteroatoms. The predicted molar refractivity (Wildman–Crippen MR) is 114 cm³/mol. The Hall–Kier alpha value is -3.35. The van der Waals surface area contributed by atoms with Crippen LogP contribution in [0.25, 0.3) is 0 Å². The van der Waals surface area contributed by atoms with E-state index in [1.165, 1.54) is 4.90 Å². The molecule has 31 heavy (non-hydrogen) atoms. The molecule has 0 N–H and O–H groups in total. The number of nitrogens with zero attached hydrogens (tertiary/aromatic N) is 3. The lowest BCUT2D eigenvalue weighted by Crippen LogP contribution is -2.66. The monoisotopic (exact) mass is 419 g/mol. The van der Waals surface area contributed by atoms with E-state index < -0.39 is 6.04 Å². The van der Waals surface area contributed by atoms with Crippen LogP contribution in [0.15, 0.2) is 54.6 Å². The zero-order chi connectivity index (χ0) is 21.5. The number of imide groups is 1. The van der Waals surface area contributed by atoms with Gasteiger partial charge in [0.1, 0.15) is 11.8 Å². The molecule has 0 aromatic heterocycles. The fraction of sp³-hybridized carbons (Fsp3) is 0.375. The highest BCUT2D eigenvalue weighted by Crippen LogP contribution is 2.38. The molecule has 7 nitrogen and oxygen atoms in total. The molecule has 0 radical (unpaired) electrons. The summed E-state index contributed by atoms with van der Waals surface area (Å²) in [4.78, 5) is 44.7. The van der Waals surface area contributed by atoms with E-state index in [0.717, 1.165) is 18.4 Å². The Balaban J connectivity index is 1.52. The normalized spacial score (nSPS) is 23.2. The molecule has 1 aliphatic carbocycles. The van der Waals surface area contributed by atoms with Gasteiger partial charge in [0, 0.05) is 19.0 Å². The van der Waals surface area contributed by atoms with Gasteiger partial charge in [0.15, 0.2) is 0 Å². The molecule has 0 bridgehead atoms. The Morgan fingerprint density at radius 3 is 2.35 bits per heavy atom. The van der Waals surface area contributed by atoms with Crippen molar-refractivity contribution in [1.29, 1.82) is 0 Å². The van der Waals surface area contributed by atoms with Gasteiger partial charge in [0.2, 0.25) is 5.91 Å². The van der Waals surface area contributed by atoms with E-state index in [0.29, 0.717) is 30.9 Å². The number of hydrogen-bond donors (Lipinski definition) is 0. The standard InChI is InChI=1S/C24H25N3O4/c1-31-19-11-9-18(10-12-19)27-23(29)21-20(13-14-25(21)22(28)17-7-8-17)26(24(27)30)15-16-5-3-2-4-6-16/h2-6,9-12,17,20-21H,7-8,13-15H2,1H3. The highest BCUT2D eigenvalue weighted by Gasteiger charge is 2.54. The third kappa shape index (κ3) is 3.44. The van der Waals surface area contributed by atoms with Crippen LogP contribution in [-0.2, 0) is 16.1 Å². The van der Waals surface area contributed by atoms with E-state index >= 15 is 0 Å². The van der Waals surface area contributed by atoms with E-state index in [9.17, 15) is 14.4 Å². The number of hydrogen-bond acceptors (Lipinski definition) is 4. The average Bonchev–Trinajstić information content (AvgIpc) is 3.55. The van der Waals surface area contributed by atoms with Crippen LogP contribution in [-0.4, -0.2) is 53.4 Å². The number of likely N-dealkylation sites (tertiary alicyclic amines) is 1. The summed E-state index contributed by atoms with van der Waals surface area (Å²) in [5.41, 5.74) is 1.48. The van der Waals surface area contributed by atoms with Crippen LogP contribution in [0, 0.1) is 5.92 Å². The van der Waals surface area contributed by atoms with Crippen molar-refractivity contribution in [1.82, 2.24) is 9.80 Å². The van der Waals surface area contributed by atoms with Gasteiger partial charge in [-0.05, 0) is 49.1 Å². The summed E-state index contributed by atoms with van der Waals surface area (Å²) in [6.45, 7) is 0.900. The van der Waals surface area contributed by atoms with Gasteiger partial charge in [-0.3, -0.25) is 9.59 Å². The van der Waals surface area contributed by atoms with Crippen LogP contribution in [0.2, 0.25) is 0 Å². The Morgan fingerprint density at radius 2 is 1.71 bits per heavy atom. The van der Waals surface area contributed by atoms with Crippen molar-refractivity contribution in [3.05, 3.63) is 60.2 Å². The maximum absolute atomic E-state index is 13.6. The molecule has 3 fully saturated rings. The van der Waals surface area contributed by atoms with Crippen LogP contribution in [0.3, 0.4) is 0 Å². The van der Waals surface area contributed by atoms with Crippen LogP contribution in [0.5, 0.6) is 5.75 Å². The van der Waals surface area contributed by atoms with Crippen LogP contribution in [0.4, 0.5) is 10.5 Å². The molecule has 1 saturated carbocycles. The third-order valence-electron chi connectivity index (χ3n) is 6.41. The first kappa shape index (κ1) is 19.6. The molecule has 2 unspecified atom stereocenters. The summed E-state index contributed by atoms with van der Waals surface area (Å²) in [6.07, 6.45) is 2.38. The first-order chi connectivity index (χ1) is 15.1. The summed E-state index contributed by atoms with van der Waals surface area (Å²) in [5.74, 6) is 0.396. The number of methoxy groups -OCH3 is 1. The Kier molecular flexibility index (Phi) is 4.88. The highest BCUT2D eigenvalue weighted by molar-refractivity contribution is 6.19. The topological polar surface area (TPSA) is 70.2 Å². The van der Waals surface area contributed by atoms with Gasteiger partial charge in [0.25, 0.3) is 5.91 Å². The zero-order valence-corrected chi connectivity index (χ0v) is 17.4. The van der Waals surface area contributed by atoms with E-state index in [-0.39, 0.29) is 29.8 Å². The van der Waals surface area contributed by atoms with Gasteiger partial charge in [0.05, 0.1) is 18.8 Å². The average molecular weight is 419 g/mol. The lowest BCUT2D eigenvalue weighted by atomic mass is 10.0. The number of rotatable bonds is 5. The molecular weight excluding hydrogens is 394 g/mol. The van der Waals surface area contributed by atoms with Gasteiger partial charge >= 0.3 is 6.03 Å². The summed E-state index contributed by atoms with van der Waals surface area (Å²) < 4.78 is 5.21. The van der Waals surface area contributed by atoms with E-state index in [1.807, 2.05) is 30.3 Å². The van der Waals surface area contributed by atoms with Crippen molar-refractivity contribution >= 4 is 23.5 Å². The number of urea groups is 1. The number of ether oxygens (including phenoxy) is 1. The van der Waals surface area contributed by atoms with Gasteiger partial charge in [-0.1, -0.05) is 30.3 Å². The fourth-order valence-corrected chi connectivity index (χ4v) is 4.64. The zero-order valence-electron chi connectivity index (χ0n) is 17.4. The third-order valence-corrected chi connectivity index (χ3v) is 6.41. The van der Waals surface area contributed by atoms with Crippen molar-refractivity contribution < 1.29 is 19.1 Å². The van der Waals surface area contributed by atoms with Crippen molar-refractivity contribution in [3.8, 4) is 5.75 Å². The highest BCUT2D eigenvalue weighted by atomic mass is 16.5. The van der Waals surface area contributed by atoms with Crippen molar-refractivity contribution in [2.75, 3.05) is 18.6 Å². The molecular formula is C24H25N3O4. The number of benzene rings is 2. The first-order valence-corrected chi connectivity index (χ1v) is 10.7. The first-order valence-electron chi connectivity index (χ1n) is 10.7. The Bertz CT molecular complexity index is 1000. The van der Waals surface area contributed by atoms with E-state index in [1.54, 1.807) is 41.2 Å². The molecule has 0 spiro atoms. The van der Waals surface area contributed by atoms with E-state index in [4.69, 9.17) is 4.74 Å². The predicted octanol–water partition coefficient (Wildman–Crippen LogP) is 3.04. The number of carbonyl (C=O) groups is 3. The molecule has 2 atom stereocenters. The molecule has 2 saturated heterocycles. The SMILES string of the molecule is COc1ccc(N2C(=O)C3C(CCN3C(=O)C3CC3)N(Cc3ccccc3)C2=O)cc1. The molecule has 2 heterocycles. The molecule has 2 aromatic carbocycles. The minimum absolute atomic E-state index is 0.0289. The number of fused-ring (bicyclic) bond motifs is 1. The summed E-state index contributed by atoms with van der Waals surface area (Å²) in [7, 11) is 1.57. The quantitative estimate of drug-likeness (QED) is 0.747. The van der Waals surface area contributed by atoms with Gasteiger partial charge in [-0.25, -0.2) is 9.69 Å². The maximum Gasteiger partial charge on any atom is 0.332 e. The lowest BCUT2D eigenvalue weighted by Gasteiger charge is -2.43. The largest absolute Gasteiger partial charge is 0.497 e. The summed E-state index contributed by atoms with van der Waals surface area (Å²) >= 11 is 0. The van der Waals surface area contributed by atoms with Gasteiger partial charge < -0.3 is 14.5 Å². The Labute approximate surface area is 181 Å². The molecule has 5 rings (SSSR count). The molecule has 2 aliphatic heterocycles. The molecule has 4 amide bonds. The smallest absolute Gasteiger partial charge is 0.332 e. The van der Waals surface area contributed by atoms with Crippen molar-refractivity contribution in [3.63, 3.8) is 0 Å². The second kappa shape index (κ2) is 7.72. The minimum Gasteiger partial charge on any atom is -0.497 e. The second-order valence-corrected chi connectivity index (χ2v) is 8.37. The number of anilines is 1. The second-order valence-electron chi connectivity index (χ2n) is 8.37. The summed E-state index contributed by atoms with van der Waals surface area (Å²) in [5, 5.41) is 0. The molecule has 2 aromatic rings. The fourth-order valence-electron chi connectivity index (χ4n) is 4.64. The van der Waals surface area contributed by atoms with Crippen LogP contribution in [0.1, 0.15) is 24.8 Å².